The molecular weight excluding hydrogens is 316 g/mol. The van der Waals surface area contributed by atoms with Gasteiger partial charge in [0.2, 0.25) is 5.91 Å². The number of hydrogen-bond acceptors (Lipinski definition) is 3. The van der Waals surface area contributed by atoms with Crippen LogP contribution in [0.15, 0.2) is 46.9 Å². The molecule has 25 heavy (non-hydrogen) atoms. The van der Waals surface area contributed by atoms with Crippen LogP contribution < -0.4 is 10.2 Å². The van der Waals surface area contributed by atoms with Crippen LogP contribution in [-0.4, -0.2) is 18.4 Å². The van der Waals surface area contributed by atoms with Crippen molar-refractivity contribution >= 4 is 34.2 Å². The average Bonchev–Trinajstić information content (AvgIpc) is 3.17. The second-order valence-corrected chi connectivity index (χ2v) is 6.37. The first-order valence-corrected chi connectivity index (χ1v) is 8.24. The number of anilines is 2. The van der Waals surface area contributed by atoms with Gasteiger partial charge in [0.05, 0.1) is 0 Å². The summed E-state index contributed by atoms with van der Waals surface area (Å²) in [5.74, 6) is 0.0368. The van der Waals surface area contributed by atoms with Gasteiger partial charge in [-0.1, -0.05) is 11.6 Å². The third-order valence-electron chi connectivity index (χ3n) is 4.51. The third kappa shape index (κ3) is 2.78. The number of nitrogens with one attached hydrogen (secondary N) is 1. The summed E-state index contributed by atoms with van der Waals surface area (Å²) in [5, 5.41) is 3.78. The number of nitrogens with zero attached hydrogens (tertiary/aromatic N) is 1. The van der Waals surface area contributed by atoms with Crippen LogP contribution in [0.25, 0.3) is 11.0 Å². The molecule has 0 atom stereocenters. The van der Waals surface area contributed by atoms with Crippen molar-refractivity contribution in [2.24, 2.45) is 0 Å². The Hall–Kier alpha value is -3.08. The summed E-state index contributed by atoms with van der Waals surface area (Å²) in [7, 11) is 0. The minimum absolute atomic E-state index is 0.0353. The molecule has 2 heterocycles. The standard InChI is InChI=1S/C20H18N2O3/c1-12-3-6-18-15(9-12)11-19(25-18)20(24)21-16-4-5-17-14(10-16)7-8-22(17)13(2)23/h3-6,9-11H,7-8H2,1-2H3,(H,21,24). The van der Waals surface area contributed by atoms with E-state index in [9.17, 15) is 9.59 Å². The molecule has 1 aliphatic heterocycles. The molecule has 126 valence electrons. The molecule has 2 aromatic carbocycles. The Kier molecular flexibility index (Phi) is 3.57. The van der Waals surface area contributed by atoms with Crippen LogP contribution in [0.5, 0.6) is 0 Å². The Balaban J connectivity index is 1.57. The summed E-state index contributed by atoms with van der Waals surface area (Å²) >= 11 is 0. The maximum absolute atomic E-state index is 12.5. The molecule has 0 fully saturated rings. The van der Waals surface area contributed by atoms with Gasteiger partial charge in [0.1, 0.15) is 5.58 Å². The monoisotopic (exact) mass is 334 g/mol. The number of amides is 2. The lowest BCUT2D eigenvalue weighted by molar-refractivity contribution is -0.116. The largest absolute Gasteiger partial charge is 0.451 e. The Labute approximate surface area is 145 Å². The van der Waals surface area contributed by atoms with Gasteiger partial charge in [0.15, 0.2) is 5.76 Å². The van der Waals surface area contributed by atoms with Crippen LogP contribution >= 0.6 is 0 Å². The van der Waals surface area contributed by atoms with Gasteiger partial charge in [-0.25, -0.2) is 0 Å². The zero-order valence-corrected chi connectivity index (χ0v) is 14.1. The highest BCUT2D eigenvalue weighted by Crippen LogP contribution is 2.31. The van der Waals surface area contributed by atoms with Crippen LogP contribution in [0, 0.1) is 6.92 Å². The zero-order chi connectivity index (χ0) is 17.6. The molecule has 0 aliphatic carbocycles. The quantitative estimate of drug-likeness (QED) is 0.773. The normalized spacial score (nSPS) is 13.1. The molecule has 0 bridgehead atoms. The molecule has 5 nitrogen and oxygen atoms in total. The zero-order valence-electron chi connectivity index (χ0n) is 14.1. The van der Waals surface area contributed by atoms with Gasteiger partial charge in [-0.3, -0.25) is 9.59 Å². The van der Waals surface area contributed by atoms with Crippen molar-refractivity contribution in [2.75, 3.05) is 16.8 Å². The van der Waals surface area contributed by atoms with Gasteiger partial charge in [-0.05, 0) is 55.3 Å². The molecular formula is C20H18N2O3. The SMILES string of the molecule is CC(=O)N1CCc2cc(NC(=O)c3cc4cc(C)ccc4o3)ccc21. The van der Waals surface area contributed by atoms with Gasteiger partial charge in [0, 0.05) is 30.2 Å². The number of benzene rings is 2. The van der Waals surface area contributed by atoms with E-state index < -0.39 is 0 Å². The van der Waals surface area contributed by atoms with Crippen molar-refractivity contribution in [2.45, 2.75) is 20.3 Å². The first-order chi connectivity index (χ1) is 12.0. The van der Waals surface area contributed by atoms with Gasteiger partial charge >= 0.3 is 0 Å². The van der Waals surface area contributed by atoms with Crippen LogP contribution in [0.4, 0.5) is 11.4 Å². The molecule has 1 aliphatic rings. The van der Waals surface area contributed by atoms with Crippen molar-refractivity contribution < 1.29 is 14.0 Å². The van der Waals surface area contributed by atoms with Crippen molar-refractivity contribution in [3.63, 3.8) is 0 Å². The van der Waals surface area contributed by atoms with E-state index in [-0.39, 0.29) is 17.6 Å². The van der Waals surface area contributed by atoms with Gasteiger partial charge in [0.25, 0.3) is 5.91 Å². The summed E-state index contributed by atoms with van der Waals surface area (Å²) in [4.78, 5) is 25.8. The number of carbonyl (C=O) groups is 2. The van der Waals surface area contributed by atoms with Crippen molar-refractivity contribution in [3.8, 4) is 0 Å². The topological polar surface area (TPSA) is 62.6 Å². The first-order valence-electron chi connectivity index (χ1n) is 8.24. The Morgan fingerprint density at radius 1 is 1.12 bits per heavy atom. The number of rotatable bonds is 2. The fourth-order valence-electron chi connectivity index (χ4n) is 3.27. The molecule has 0 unspecified atom stereocenters. The number of hydrogen-bond donors (Lipinski definition) is 1. The second kappa shape index (κ2) is 5.77. The number of carbonyl (C=O) groups excluding carboxylic acids is 2. The van der Waals surface area contributed by atoms with Crippen molar-refractivity contribution in [1.29, 1.82) is 0 Å². The average molecular weight is 334 g/mol. The third-order valence-corrected chi connectivity index (χ3v) is 4.51. The Morgan fingerprint density at radius 2 is 1.96 bits per heavy atom. The fourth-order valence-corrected chi connectivity index (χ4v) is 3.27. The summed E-state index contributed by atoms with van der Waals surface area (Å²) in [5.41, 5.74) is 4.50. The molecule has 0 spiro atoms. The van der Waals surface area contributed by atoms with Crippen molar-refractivity contribution in [1.82, 2.24) is 0 Å². The smallest absolute Gasteiger partial charge is 0.291 e. The first kappa shape index (κ1) is 15.4. The molecule has 2 amide bonds. The highest BCUT2D eigenvalue weighted by Gasteiger charge is 2.22. The predicted molar refractivity (Wildman–Crippen MR) is 97.1 cm³/mol. The van der Waals surface area contributed by atoms with Gasteiger partial charge in [-0.15, -0.1) is 0 Å². The van der Waals surface area contributed by atoms with Crippen LogP contribution in [0.2, 0.25) is 0 Å². The van der Waals surface area contributed by atoms with E-state index in [1.54, 1.807) is 17.9 Å². The van der Waals surface area contributed by atoms with E-state index in [0.717, 1.165) is 28.6 Å². The maximum atomic E-state index is 12.5. The van der Waals surface area contributed by atoms with E-state index >= 15 is 0 Å². The molecule has 0 saturated heterocycles. The van der Waals surface area contributed by atoms with E-state index in [4.69, 9.17) is 4.42 Å². The highest BCUT2D eigenvalue weighted by molar-refractivity contribution is 6.05. The van der Waals surface area contributed by atoms with E-state index in [1.807, 2.05) is 43.3 Å². The summed E-state index contributed by atoms with van der Waals surface area (Å²) < 4.78 is 5.63. The molecule has 0 saturated carbocycles. The van der Waals surface area contributed by atoms with Crippen LogP contribution in [0.1, 0.15) is 28.6 Å². The van der Waals surface area contributed by atoms with Crippen molar-refractivity contribution in [3.05, 3.63) is 59.4 Å². The fraction of sp³-hybridized carbons (Fsp3) is 0.200. The van der Waals surface area contributed by atoms with Gasteiger partial charge < -0.3 is 14.6 Å². The Morgan fingerprint density at radius 3 is 2.76 bits per heavy atom. The van der Waals surface area contributed by atoms with Crippen LogP contribution in [0.3, 0.4) is 0 Å². The lowest BCUT2D eigenvalue weighted by atomic mass is 10.1. The summed E-state index contributed by atoms with van der Waals surface area (Å²) in [6.07, 6.45) is 0.794. The molecule has 4 rings (SSSR count). The number of fused-ring (bicyclic) bond motifs is 2. The van der Waals surface area contributed by atoms with Gasteiger partial charge in [-0.2, -0.15) is 0 Å². The second-order valence-electron chi connectivity index (χ2n) is 6.37. The Bertz CT molecular complexity index is 1000. The minimum Gasteiger partial charge on any atom is -0.451 e. The summed E-state index contributed by atoms with van der Waals surface area (Å²) in [6.45, 7) is 4.25. The molecule has 0 radical (unpaired) electrons. The van der Waals surface area contributed by atoms with E-state index in [1.165, 1.54) is 0 Å². The molecule has 1 aromatic heterocycles. The minimum atomic E-state index is -0.282. The molecule has 1 N–H and O–H groups in total. The lowest BCUT2D eigenvalue weighted by Gasteiger charge is -2.14. The number of furan rings is 1. The molecule has 5 heteroatoms. The van der Waals surface area contributed by atoms with E-state index in [2.05, 4.69) is 5.32 Å². The maximum Gasteiger partial charge on any atom is 0.291 e. The number of aryl methyl sites for hydroxylation is 1. The highest BCUT2D eigenvalue weighted by atomic mass is 16.3. The summed E-state index contributed by atoms with van der Waals surface area (Å²) in [6, 6.07) is 13.2. The lowest BCUT2D eigenvalue weighted by Crippen LogP contribution is -2.25. The van der Waals surface area contributed by atoms with Crippen LogP contribution in [-0.2, 0) is 11.2 Å². The molecule has 3 aromatic rings. The van der Waals surface area contributed by atoms with E-state index in [0.29, 0.717) is 17.8 Å². The predicted octanol–water partition coefficient (Wildman–Crippen LogP) is 3.90.